The maximum Gasteiger partial charge on any atom is 0.407 e. The molecule has 6 heteroatoms. The molecule has 0 heterocycles. The maximum absolute atomic E-state index is 12.0. The summed E-state index contributed by atoms with van der Waals surface area (Å²) < 4.78 is 5.37. The Morgan fingerprint density at radius 1 is 0.964 bits per heavy atom. The van der Waals surface area contributed by atoms with E-state index in [1.807, 2.05) is 20.8 Å². The minimum atomic E-state index is -0.446. The second-order valence-electron chi connectivity index (χ2n) is 9.90. The summed E-state index contributed by atoms with van der Waals surface area (Å²) in [5.41, 5.74) is -0.446. The molecule has 3 fully saturated rings. The van der Waals surface area contributed by atoms with Gasteiger partial charge in [0.2, 0.25) is 0 Å². The van der Waals surface area contributed by atoms with Gasteiger partial charge in [-0.1, -0.05) is 0 Å². The normalized spacial score (nSPS) is 26.1. The fraction of sp³-hybridized carbons (Fsp3) is 0.909. The molecule has 6 nitrogen and oxygen atoms in total. The zero-order valence-corrected chi connectivity index (χ0v) is 18.2. The SMILES string of the molecule is CCNC(=NCC(C1CC1)C1CC1)NC1CCC(NC(=O)OC(C)(C)C)CC1. The molecule has 0 bridgehead atoms. The van der Waals surface area contributed by atoms with Crippen LogP contribution in [0.5, 0.6) is 0 Å². The van der Waals surface area contributed by atoms with Crippen molar-refractivity contribution in [2.24, 2.45) is 22.7 Å². The third-order valence-electron chi connectivity index (χ3n) is 6.05. The number of aliphatic imine (C=N–C) groups is 1. The first kappa shape index (κ1) is 21.3. The van der Waals surface area contributed by atoms with E-state index in [1.165, 1.54) is 25.7 Å². The second kappa shape index (κ2) is 9.36. The van der Waals surface area contributed by atoms with Gasteiger partial charge in [0, 0.05) is 25.2 Å². The molecule has 3 aliphatic carbocycles. The van der Waals surface area contributed by atoms with Crippen molar-refractivity contribution in [3.63, 3.8) is 0 Å². The molecule has 0 aromatic carbocycles. The molecule has 0 spiro atoms. The Morgan fingerprint density at radius 3 is 1.96 bits per heavy atom. The summed E-state index contributed by atoms with van der Waals surface area (Å²) >= 11 is 0. The standard InChI is InChI=1S/C22H40N4O2/c1-5-23-20(24-14-19(15-6-7-15)16-8-9-16)25-17-10-12-18(13-11-17)26-21(27)28-22(2,3)4/h15-19H,5-14H2,1-4H3,(H,26,27)(H2,23,24,25). The van der Waals surface area contributed by atoms with Gasteiger partial charge in [0.25, 0.3) is 0 Å². The Balaban J connectivity index is 1.42. The van der Waals surface area contributed by atoms with E-state index >= 15 is 0 Å². The highest BCUT2D eigenvalue weighted by molar-refractivity contribution is 5.80. The number of guanidine groups is 1. The number of carbonyl (C=O) groups is 1. The molecule has 3 N–H and O–H groups in total. The van der Waals surface area contributed by atoms with E-state index in [0.29, 0.717) is 6.04 Å². The number of carbonyl (C=O) groups excluding carboxylic acids is 1. The van der Waals surface area contributed by atoms with Crippen molar-refractivity contribution >= 4 is 12.1 Å². The molecule has 0 aromatic heterocycles. The summed E-state index contributed by atoms with van der Waals surface area (Å²) in [6.07, 6.45) is 9.38. The average molecular weight is 393 g/mol. The smallest absolute Gasteiger partial charge is 0.407 e. The highest BCUT2D eigenvalue weighted by atomic mass is 16.6. The van der Waals surface area contributed by atoms with Gasteiger partial charge in [-0.05, 0) is 96.8 Å². The van der Waals surface area contributed by atoms with Crippen molar-refractivity contribution < 1.29 is 9.53 Å². The minimum absolute atomic E-state index is 0.210. The summed E-state index contributed by atoms with van der Waals surface area (Å²) in [4.78, 5) is 16.9. The van der Waals surface area contributed by atoms with Gasteiger partial charge in [0.1, 0.15) is 5.60 Å². The van der Waals surface area contributed by atoms with Crippen molar-refractivity contribution in [1.29, 1.82) is 0 Å². The summed E-state index contributed by atoms with van der Waals surface area (Å²) in [6, 6.07) is 0.635. The molecule has 0 unspecified atom stereocenters. The Morgan fingerprint density at radius 2 is 1.50 bits per heavy atom. The van der Waals surface area contributed by atoms with Crippen molar-refractivity contribution in [1.82, 2.24) is 16.0 Å². The van der Waals surface area contributed by atoms with Crippen LogP contribution in [0.1, 0.15) is 79.1 Å². The molecule has 0 aromatic rings. The topological polar surface area (TPSA) is 74.8 Å². The molecule has 1 amide bonds. The van der Waals surface area contributed by atoms with E-state index in [4.69, 9.17) is 9.73 Å². The number of hydrogen-bond donors (Lipinski definition) is 3. The lowest BCUT2D eigenvalue weighted by molar-refractivity contribution is 0.0490. The van der Waals surface area contributed by atoms with Crippen LogP contribution in [0.3, 0.4) is 0 Å². The van der Waals surface area contributed by atoms with Crippen molar-refractivity contribution in [3.8, 4) is 0 Å². The zero-order valence-electron chi connectivity index (χ0n) is 18.2. The molecule has 0 atom stereocenters. The number of nitrogens with zero attached hydrogens (tertiary/aromatic N) is 1. The molecular weight excluding hydrogens is 352 g/mol. The Labute approximate surface area is 170 Å². The third-order valence-corrected chi connectivity index (χ3v) is 6.05. The van der Waals surface area contributed by atoms with Crippen LogP contribution in [-0.2, 0) is 4.74 Å². The van der Waals surface area contributed by atoms with E-state index < -0.39 is 5.60 Å². The van der Waals surface area contributed by atoms with E-state index in [-0.39, 0.29) is 12.1 Å². The van der Waals surface area contributed by atoms with Gasteiger partial charge in [-0.15, -0.1) is 0 Å². The molecule has 160 valence electrons. The van der Waals surface area contributed by atoms with E-state index in [0.717, 1.165) is 62.5 Å². The molecule has 3 rings (SSSR count). The average Bonchev–Trinajstić information content (AvgIpc) is 3.49. The van der Waals surface area contributed by atoms with Gasteiger partial charge >= 0.3 is 6.09 Å². The van der Waals surface area contributed by atoms with Crippen LogP contribution in [0.4, 0.5) is 4.79 Å². The zero-order chi connectivity index (χ0) is 20.1. The maximum atomic E-state index is 12.0. The second-order valence-corrected chi connectivity index (χ2v) is 9.90. The van der Waals surface area contributed by atoms with E-state index in [2.05, 4.69) is 22.9 Å². The number of alkyl carbamates (subject to hydrolysis) is 1. The first-order chi connectivity index (χ1) is 13.3. The molecular formula is C22H40N4O2. The molecule has 0 aliphatic heterocycles. The third kappa shape index (κ3) is 7.17. The number of ether oxygens (including phenoxy) is 1. The fourth-order valence-corrected chi connectivity index (χ4v) is 4.30. The first-order valence-corrected chi connectivity index (χ1v) is 11.4. The molecule has 3 aliphatic rings. The lowest BCUT2D eigenvalue weighted by Gasteiger charge is -2.31. The van der Waals surface area contributed by atoms with Crippen LogP contribution >= 0.6 is 0 Å². The van der Waals surface area contributed by atoms with Crippen molar-refractivity contribution in [2.75, 3.05) is 13.1 Å². The quantitative estimate of drug-likeness (QED) is 0.455. The van der Waals surface area contributed by atoms with Gasteiger partial charge < -0.3 is 20.7 Å². The molecule has 28 heavy (non-hydrogen) atoms. The van der Waals surface area contributed by atoms with Crippen LogP contribution in [0.15, 0.2) is 4.99 Å². The minimum Gasteiger partial charge on any atom is -0.444 e. The van der Waals surface area contributed by atoms with Gasteiger partial charge in [-0.2, -0.15) is 0 Å². The number of hydrogen-bond acceptors (Lipinski definition) is 3. The van der Waals surface area contributed by atoms with E-state index in [1.54, 1.807) is 0 Å². The van der Waals surface area contributed by atoms with Crippen LogP contribution in [0, 0.1) is 17.8 Å². The summed E-state index contributed by atoms with van der Waals surface area (Å²) in [5.74, 6) is 3.66. The van der Waals surface area contributed by atoms with Crippen molar-refractivity contribution in [3.05, 3.63) is 0 Å². The van der Waals surface area contributed by atoms with Gasteiger partial charge in [0.15, 0.2) is 5.96 Å². The predicted molar refractivity (Wildman–Crippen MR) is 113 cm³/mol. The summed E-state index contributed by atoms with van der Waals surface area (Å²) in [5, 5.41) is 10.1. The number of rotatable bonds is 7. The monoisotopic (exact) mass is 392 g/mol. The molecule has 3 saturated carbocycles. The summed E-state index contributed by atoms with van der Waals surface area (Å²) in [7, 11) is 0. The highest BCUT2D eigenvalue weighted by Crippen LogP contribution is 2.49. The van der Waals surface area contributed by atoms with Crippen LogP contribution in [0.25, 0.3) is 0 Å². The Bertz CT molecular complexity index is 529. The first-order valence-electron chi connectivity index (χ1n) is 11.4. The summed E-state index contributed by atoms with van der Waals surface area (Å²) in [6.45, 7) is 9.67. The van der Waals surface area contributed by atoms with Crippen molar-refractivity contribution in [2.45, 2.75) is 96.7 Å². The number of amides is 1. The van der Waals surface area contributed by atoms with Gasteiger partial charge in [0.05, 0.1) is 0 Å². The fourth-order valence-electron chi connectivity index (χ4n) is 4.30. The lowest BCUT2D eigenvalue weighted by atomic mass is 9.91. The molecule has 0 saturated heterocycles. The highest BCUT2D eigenvalue weighted by Gasteiger charge is 2.41. The van der Waals surface area contributed by atoms with Gasteiger partial charge in [-0.25, -0.2) is 4.79 Å². The lowest BCUT2D eigenvalue weighted by Crippen LogP contribution is -2.48. The number of nitrogens with one attached hydrogen (secondary N) is 3. The largest absolute Gasteiger partial charge is 0.444 e. The Hall–Kier alpha value is -1.46. The van der Waals surface area contributed by atoms with Crippen LogP contribution in [0.2, 0.25) is 0 Å². The molecule has 0 radical (unpaired) electrons. The van der Waals surface area contributed by atoms with Gasteiger partial charge in [-0.3, -0.25) is 4.99 Å². The Kier molecular flexibility index (Phi) is 7.10. The predicted octanol–water partition coefficient (Wildman–Crippen LogP) is 3.81. The van der Waals surface area contributed by atoms with Crippen LogP contribution in [-0.4, -0.2) is 42.8 Å². The van der Waals surface area contributed by atoms with E-state index in [9.17, 15) is 4.79 Å². The van der Waals surface area contributed by atoms with Crippen LogP contribution < -0.4 is 16.0 Å².